The molecule has 0 aromatic heterocycles. The van der Waals surface area contributed by atoms with Crippen LogP contribution in [0.3, 0.4) is 0 Å². The summed E-state index contributed by atoms with van der Waals surface area (Å²) >= 11 is 0. The van der Waals surface area contributed by atoms with Gasteiger partial charge in [0.25, 0.3) is 0 Å². The highest BCUT2D eigenvalue weighted by molar-refractivity contribution is 5.92. The first-order valence-corrected chi connectivity index (χ1v) is 7.25. The summed E-state index contributed by atoms with van der Waals surface area (Å²) in [7, 11) is 0. The molecule has 0 unspecified atom stereocenters. The van der Waals surface area contributed by atoms with Gasteiger partial charge in [-0.05, 0) is 56.0 Å². The normalized spacial score (nSPS) is 11.5. The van der Waals surface area contributed by atoms with E-state index in [1.54, 1.807) is 0 Å². The summed E-state index contributed by atoms with van der Waals surface area (Å²) in [6.45, 7) is 7.13. The molecular weight excluding hydrogens is 258 g/mol. The summed E-state index contributed by atoms with van der Waals surface area (Å²) in [6, 6.07) is 14.3. The zero-order valence-electron chi connectivity index (χ0n) is 13.0. The summed E-state index contributed by atoms with van der Waals surface area (Å²) in [5, 5.41) is 3.09. The molecule has 21 heavy (non-hydrogen) atoms. The molecule has 0 aliphatic heterocycles. The van der Waals surface area contributed by atoms with E-state index in [1.807, 2.05) is 30.3 Å². The van der Waals surface area contributed by atoms with Crippen molar-refractivity contribution in [2.45, 2.75) is 27.2 Å². The Morgan fingerprint density at radius 2 is 1.67 bits per heavy atom. The fraction of sp³-hybridized carbons (Fsp3) is 0.278. The molecule has 0 heterocycles. The average Bonchev–Trinajstić information content (AvgIpc) is 2.42. The van der Waals surface area contributed by atoms with Crippen molar-refractivity contribution >= 4 is 11.6 Å². The maximum absolute atomic E-state index is 5.91. The standard InChI is InChI=1S/C18H23N3/c1-13-11-14(2)17(15(3)12-13)9-10-20-18(19)21-16-7-5-4-6-8-16/h4-8,11-12H,9-10H2,1-3H3,(H3,19,20,21). The maximum Gasteiger partial charge on any atom is 0.193 e. The molecule has 0 atom stereocenters. The molecule has 110 valence electrons. The fourth-order valence-electron chi connectivity index (χ4n) is 2.60. The molecule has 0 spiro atoms. The fourth-order valence-corrected chi connectivity index (χ4v) is 2.60. The van der Waals surface area contributed by atoms with E-state index in [0.717, 1.165) is 12.1 Å². The average molecular weight is 281 g/mol. The number of aliphatic imine (C=N–C) groups is 1. The number of nitrogens with one attached hydrogen (secondary N) is 1. The van der Waals surface area contributed by atoms with Gasteiger partial charge in [0.15, 0.2) is 5.96 Å². The second-order valence-electron chi connectivity index (χ2n) is 5.39. The largest absolute Gasteiger partial charge is 0.370 e. The van der Waals surface area contributed by atoms with Gasteiger partial charge >= 0.3 is 0 Å². The number of para-hydroxylation sites is 1. The summed E-state index contributed by atoms with van der Waals surface area (Å²) in [5.41, 5.74) is 12.2. The van der Waals surface area contributed by atoms with Gasteiger partial charge in [0.1, 0.15) is 0 Å². The van der Waals surface area contributed by atoms with E-state index in [1.165, 1.54) is 22.3 Å². The summed E-state index contributed by atoms with van der Waals surface area (Å²) in [6.07, 6.45) is 0.912. The summed E-state index contributed by atoms with van der Waals surface area (Å²) < 4.78 is 0. The van der Waals surface area contributed by atoms with E-state index in [0.29, 0.717) is 12.5 Å². The molecule has 0 amide bonds. The van der Waals surface area contributed by atoms with Gasteiger partial charge in [0, 0.05) is 12.2 Å². The quantitative estimate of drug-likeness (QED) is 0.665. The summed E-state index contributed by atoms with van der Waals surface area (Å²) in [4.78, 5) is 4.40. The van der Waals surface area contributed by atoms with Crippen molar-refractivity contribution in [2.24, 2.45) is 10.7 Å². The molecule has 0 saturated heterocycles. The molecule has 0 aliphatic carbocycles. The molecule has 0 saturated carbocycles. The first kappa shape index (κ1) is 15.1. The van der Waals surface area contributed by atoms with Crippen LogP contribution in [0.15, 0.2) is 47.5 Å². The minimum atomic E-state index is 0.462. The molecular formula is C18H23N3. The zero-order chi connectivity index (χ0) is 15.2. The molecule has 2 aromatic rings. The van der Waals surface area contributed by atoms with E-state index >= 15 is 0 Å². The van der Waals surface area contributed by atoms with Crippen LogP contribution in [0.5, 0.6) is 0 Å². The third-order valence-electron chi connectivity index (χ3n) is 3.53. The Balaban J connectivity index is 1.96. The van der Waals surface area contributed by atoms with Crippen molar-refractivity contribution in [3.8, 4) is 0 Å². The number of benzene rings is 2. The summed E-state index contributed by atoms with van der Waals surface area (Å²) in [5.74, 6) is 0.462. The number of rotatable bonds is 4. The molecule has 0 radical (unpaired) electrons. The van der Waals surface area contributed by atoms with E-state index in [-0.39, 0.29) is 0 Å². The second-order valence-corrected chi connectivity index (χ2v) is 5.39. The maximum atomic E-state index is 5.91. The first-order valence-electron chi connectivity index (χ1n) is 7.25. The molecule has 2 aromatic carbocycles. The third kappa shape index (κ3) is 4.35. The van der Waals surface area contributed by atoms with Gasteiger partial charge in [-0.15, -0.1) is 0 Å². The number of hydrogen-bond acceptors (Lipinski definition) is 1. The topological polar surface area (TPSA) is 50.4 Å². The van der Waals surface area contributed by atoms with Gasteiger partial charge < -0.3 is 11.1 Å². The lowest BCUT2D eigenvalue weighted by Gasteiger charge is -2.10. The number of anilines is 1. The van der Waals surface area contributed by atoms with Gasteiger partial charge in [-0.25, -0.2) is 0 Å². The number of aryl methyl sites for hydroxylation is 3. The van der Waals surface area contributed by atoms with Crippen molar-refractivity contribution in [1.82, 2.24) is 0 Å². The van der Waals surface area contributed by atoms with Gasteiger partial charge in [0.2, 0.25) is 0 Å². The van der Waals surface area contributed by atoms with Gasteiger partial charge in [0.05, 0.1) is 0 Å². The van der Waals surface area contributed by atoms with Crippen molar-refractivity contribution in [1.29, 1.82) is 0 Å². The van der Waals surface area contributed by atoms with Crippen molar-refractivity contribution in [3.63, 3.8) is 0 Å². The first-order chi connectivity index (χ1) is 10.1. The van der Waals surface area contributed by atoms with Crippen molar-refractivity contribution in [3.05, 3.63) is 64.7 Å². The molecule has 0 bridgehead atoms. The van der Waals surface area contributed by atoms with E-state index in [2.05, 4.69) is 43.2 Å². The second kappa shape index (κ2) is 6.93. The Hall–Kier alpha value is -2.29. The van der Waals surface area contributed by atoms with E-state index in [9.17, 15) is 0 Å². The van der Waals surface area contributed by atoms with Crippen LogP contribution in [0.25, 0.3) is 0 Å². The lowest BCUT2D eigenvalue weighted by molar-refractivity contribution is 0.941. The van der Waals surface area contributed by atoms with Gasteiger partial charge in [-0.1, -0.05) is 35.9 Å². The van der Waals surface area contributed by atoms with Gasteiger partial charge in [-0.2, -0.15) is 0 Å². The molecule has 2 rings (SSSR count). The highest BCUT2D eigenvalue weighted by Gasteiger charge is 2.03. The molecule has 3 heteroatoms. The Labute approximate surface area is 126 Å². The van der Waals surface area contributed by atoms with Crippen LogP contribution in [0.4, 0.5) is 5.69 Å². The predicted molar refractivity (Wildman–Crippen MR) is 90.9 cm³/mol. The van der Waals surface area contributed by atoms with Gasteiger partial charge in [-0.3, -0.25) is 4.99 Å². The van der Waals surface area contributed by atoms with Crippen LogP contribution in [0, 0.1) is 20.8 Å². The monoisotopic (exact) mass is 281 g/mol. The lowest BCUT2D eigenvalue weighted by Crippen LogP contribution is -2.23. The van der Waals surface area contributed by atoms with Crippen molar-refractivity contribution < 1.29 is 0 Å². The van der Waals surface area contributed by atoms with E-state index < -0.39 is 0 Å². The van der Waals surface area contributed by atoms with Crippen molar-refractivity contribution in [2.75, 3.05) is 11.9 Å². The minimum Gasteiger partial charge on any atom is -0.370 e. The molecule has 3 N–H and O–H groups in total. The van der Waals surface area contributed by atoms with Crippen LogP contribution in [0.1, 0.15) is 22.3 Å². The van der Waals surface area contributed by atoms with Crippen LogP contribution in [0.2, 0.25) is 0 Å². The predicted octanol–water partition coefficient (Wildman–Crippen LogP) is 3.58. The number of hydrogen-bond donors (Lipinski definition) is 2. The molecule has 0 aliphatic rings. The Bertz CT molecular complexity index is 607. The highest BCUT2D eigenvalue weighted by atomic mass is 15.1. The number of guanidine groups is 1. The molecule has 0 fully saturated rings. The SMILES string of the molecule is Cc1cc(C)c(CCN=C(N)Nc2ccccc2)c(C)c1. The number of nitrogens with zero attached hydrogens (tertiary/aromatic N) is 1. The van der Waals surface area contributed by atoms with Crippen LogP contribution in [-0.2, 0) is 6.42 Å². The minimum absolute atomic E-state index is 0.462. The smallest absolute Gasteiger partial charge is 0.193 e. The Morgan fingerprint density at radius 1 is 1.05 bits per heavy atom. The molecule has 3 nitrogen and oxygen atoms in total. The Morgan fingerprint density at radius 3 is 2.29 bits per heavy atom. The Kier molecular flexibility index (Phi) is 4.99. The lowest BCUT2D eigenvalue weighted by atomic mass is 9.97. The third-order valence-corrected chi connectivity index (χ3v) is 3.53. The van der Waals surface area contributed by atoms with Crippen LogP contribution >= 0.6 is 0 Å². The van der Waals surface area contributed by atoms with E-state index in [4.69, 9.17) is 5.73 Å². The zero-order valence-corrected chi connectivity index (χ0v) is 13.0. The van der Waals surface area contributed by atoms with Crippen LogP contribution < -0.4 is 11.1 Å². The van der Waals surface area contributed by atoms with Crippen LogP contribution in [-0.4, -0.2) is 12.5 Å². The highest BCUT2D eigenvalue weighted by Crippen LogP contribution is 2.16. The number of nitrogens with two attached hydrogens (primary N) is 1.